The van der Waals surface area contributed by atoms with Crippen molar-refractivity contribution in [2.75, 3.05) is 19.7 Å². The van der Waals surface area contributed by atoms with E-state index in [0.717, 1.165) is 70.6 Å². The van der Waals surface area contributed by atoms with E-state index in [1.54, 1.807) is 0 Å². The Bertz CT molecular complexity index is 954. The standard InChI is InChI=1S/C28H48N2O6S/c1-4-20-23-17-19(31)9-12-28(23,3)22-10-13-27(2)18(7-8-21(27)24(22)25(20)32)11-16-36-26(33)29-37(34,35)30-14-5-6-15-30/h18-25,31-32H,4-17H2,1-3H3,(H,29,33)/t18-,19-,20-,21+,22+,23+,24+,25-,27-,28-/m1/s1. The van der Waals surface area contributed by atoms with E-state index < -0.39 is 16.3 Å². The summed E-state index contributed by atoms with van der Waals surface area (Å²) < 4.78 is 33.4. The molecule has 0 aromatic carbocycles. The maximum atomic E-state index is 12.3. The van der Waals surface area contributed by atoms with Crippen LogP contribution in [0.25, 0.3) is 0 Å². The molecule has 0 bridgehead atoms. The van der Waals surface area contributed by atoms with E-state index >= 15 is 0 Å². The molecular formula is C28H48N2O6S. The fourth-order valence-corrected chi connectivity index (χ4v) is 11.1. The van der Waals surface area contributed by atoms with Gasteiger partial charge in [-0.1, -0.05) is 27.2 Å². The van der Waals surface area contributed by atoms with Crippen LogP contribution in [0, 0.1) is 46.3 Å². The Labute approximate surface area is 223 Å². The maximum Gasteiger partial charge on any atom is 0.421 e. The lowest BCUT2D eigenvalue weighted by molar-refractivity contribution is -0.202. The quantitative estimate of drug-likeness (QED) is 0.468. The van der Waals surface area contributed by atoms with Crippen molar-refractivity contribution in [3.05, 3.63) is 0 Å². The van der Waals surface area contributed by atoms with Crippen LogP contribution in [0.3, 0.4) is 0 Å². The number of nitrogens with one attached hydrogen (secondary N) is 1. The van der Waals surface area contributed by atoms with Gasteiger partial charge in [0.1, 0.15) is 0 Å². The number of carbonyl (C=O) groups excluding carboxylic acids is 1. The molecule has 5 aliphatic rings. The fourth-order valence-electron chi connectivity index (χ4n) is 9.96. The van der Waals surface area contributed by atoms with E-state index in [-0.39, 0.29) is 35.6 Å². The zero-order valence-corrected chi connectivity index (χ0v) is 23.7. The molecule has 9 heteroatoms. The fraction of sp³-hybridized carbons (Fsp3) is 0.964. The van der Waals surface area contributed by atoms with Crippen molar-refractivity contribution in [1.29, 1.82) is 0 Å². The molecule has 5 fully saturated rings. The molecule has 1 heterocycles. The van der Waals surface area contributed by atoms with Crippen LogP contribution in [0.1, 0.15) is 91.4 Å². The van der Waals surface area contributed by atoms with Crippen molar-refractivity contribution in [2.24, 2.45) is 46.3 Å². The van der Waals surface area contributed by atoms with Gasteiger partial charge in [0.15, 0.2) is 0 Å². The third kappa shape index (κ3) is 4.74. The Kier molecular flexibility index (Phi) is 7.66. The first-order chi connectivity index (χ1) is 17.5. The van der Waals surface area contributed by atoms with Gasteiger partial charge in [0, 0.05) is 13.1 Å². The molecule has 4 saturated carbocycles. The van der Waals surface area contributed by atoms with Gasteiger partial charge in [-0.2, -0.15) is 12.7 Å². The highest BCUT2D eigenvalue weighted by Gasteiger charge is 2.64. The Balaban J connectivity index is 1.23. The van der Waals surface area contributed by atoms with Gasteiger partial charge in [0.05, 0.1) is 18.8 Å². The summed E-state index contributed by atoms with van der Waals surface area (Å²) in [5.74, 6) is 2.27. The largest absolute Gasteiger partial charge is 0.449 e. The second kappa shape index (κ2) is 10.3. The molecule has 3 N–H and O–H groups in total. The summed E-state index contributed by atoms with van der Waals surface area (Å²) in [5.41, 5.74) is 0.282. The summed E-state index contributed by atoms with van der Waals surface area (Å²) in [4.78, 5) is 12.3. The minimum absolute atomic E-state index is 0.0965. The van der Waals surface area contributed by atoms with Gasteiger partial charge in [0.25, 0.3) is 0 Å². The molecule has 10 atom stereocenters. The topological polar surface area (TPSA) is 116 Å². The number of ether oxygens (including phenoxy) is 1. The summed E-state index contributed by atoms with van der Waals surface area (Å²) >= 11 is 0. The van der Waals surface area contributed by atoms with Crippen molar-refractivity contribution < 1.29 is 28.2 Å². The molecule has 37 heavy (non-hydrogen) atoms. The maximum absolute atomic E-state index is 12.3. The molecule has 1 amide bonds. The van der Waals surface area contributed by atoms with E-state index in [2.05, 4.69) is 25.5 Å². The molecule has 5 rings (SSSR count). The van der Waals surface area contributed by atoms with Crippen LogP contribution in [-0.2, 0) is 14.9 Å². The SMILES string of the molecule is CC[C@H]1[C@@H](O)[C@@H]2[C@H](CC[C@]3(C)[C@@H](CCOC(=O)NS(=O)(=O)N4CCCC4)CC[C@@H]23)[C@@]2(C)CC[C@@H](O)C[C@@H]12. The van der Waals surface area contributed by atoms with Gasteiger partial charge in [-0.25, -0.2) is 9.52 Å². The van der Waals surface area contributed by atoms with Crippen LogP contribution in [-0.4, -0.2) is 60.9 Å². The number of aliphatic hydroxyl groups excluding tert-OH is 2. The van der Waals surface area contributed by atoms with E-state index in [9.17, 15) is 23.4 Å². The van der Waals surface area contributed by atoms with Crippen molar-refractivity contribution >= 4 is 16.3 Å². The molecule has 0 radical (unpaired) electrons. The summed E-state index contributed by atoms with van der Waals surface area (Å²) in [7, 11) is -3.82. The number of rotatable bonds is 6. The van der Waals surface area contributed by atoms with Crippen LogP contribution in [0.4, 0.5) is 4.79 Å². The third-order valence-corrected chi connectivity index (χ3v) is 13.4. The van der Waals surface area contributed by atoms with E-state index in [1.807, 2.05) is 0 Å². The summed E-state index contributed by atoms with van der Waals surface area (Å²) in [6, 6.07) is 0. The average molecular weight is 541 g/mol. The number of amides is 1. The normalized spacial score (nSPS) is 46.1. The average Bonchev–Trinajstić information content (AvgIpc) is 3.49. The van der Waals surface area contributed by atoms with Crippen molar-refractivity contribution in [1.82, 2.24) is 9.03 Å². The summed E-state index contributed by atoms with van der Waals surface area (Å²) in [5, 5.41) is 22.2. The molecule has 0 aromatic rings. The molecule has 1 saturated heterocycles. The first-order valence-corrected chi connectivity index (χ1v) is 16.3. The number of aliphatic hydroxyl groups is 2. The van der Waals surface area contributed by atoms with Crippen LogP contribution in [0.5, 0.6) is 0 Å². The minimum Gasteiger partial charge on any atom is -0.449 e. The van der Waals surface area contributed by atoms with Crippen LogP contribution < -0.4 is 4.72 Å². The lowest BCUT2D eigenvalue weighted by Gasteiger charge is -2.64. The van der Waals surface area contributed by atoms with Crippen LogP contribution in [0.15, 0.2) is 0 Å². The lowest BCUT2D eigenvalue weighted by Crippen LogP contribution is -2.62. The summed E-state index contributed by atoms with van der Waals surface area (Å²) in [6.45, 7) is 8.13. The predicted molar refractivity (Wildman–Crippen MR) is 141 cm³/mol. The number of fused-ring (bicyclic) bond motifs is 5. The number of hydrogen-bond donors (Lipinski definition) is 3. The van der Waals surface area contributed by atoms with Crippen molar-refractivity contribution in [3.8, 4) is 0 Å². The molecule has 8 nitrogen and oxygen atoms in total. The summed E-state index contributed by atoms with van der Waals surface area (Å²) in [6.07, 6.45) is 9.00. The van der Waals surface area contributed by atoms with Crippen molar-refractivity contribution in [2.45, 2.75) is 104 Å². The molecule has 212 valence electrons. The minimum atomic E-state index is -3.82. The molecule has 0 unspecified atom stereocenters. The third-order valence-electron chi connectivity index (χ3n) is 11.9. The molecule has 0 aromatic heterocycles. The zero-order chi connectivity index (χ0) is 26.6. The molecule has 1 aliphatic heterocycles. The Morgan fingerprint density at radius 3 is 2.38 bits per heavy atom. The second-order valence-electron chi connectivity index (χ2n) is 13.4. The van der Waals surface area contributed by atoms with E-state index in [1.165, 1.54) is 4.31 Å². The van der Waals surface area contributed by atoms with Crippen molar-refractivity contribution in [3.63, 3.8) is 0 Å². The number of nitrogens with zero attached hydrogens (tertiary/aromatic N) is 1. The Morgan fingerprint density at radius 1 is 1.00 bits per heavy atom. The highest BCUT2D eigenvalue weighted by molar-refractivity contribution is 7.87. The smallest absolute Gasteiger partial charge is 0.421 e. The first-order valence-electron chi connectivity index (χ1n) is 14.8. The number of hydrogen-bond acceptors (Lipinski definition) is 6. The van der Waals surface area contributed by atoms with Gasteiger partial charge in [-0.3, -0.25) is 0 Å². The van der Waals surface area contributed by atoms with E-state index in [4.69, 9.17) is 4.74 Å². The molecule has 0 spiro atoms. The van der Waals surface area contributed by atoms with Gasteiger partial charge in [0.2, 0.25) is 0 Å². The number of carbonyl (C=O) groups is 1. The first kappa shape index (κ1) is 27.7. The van der Waals surface area contributed by atoms with Gasteiger partial charge < -0.3 is 14.9 Å². The Hall–Kier alpha value is -0.900. The molecule has 4 aliphatic carbocycles. The predicted octanol–water partition coefficient (Wildman–Crippen LogP) is 4.07. The second-order valence-corrected chi connectivity index (χ2v) is 15.0. The van der Waals surface area contributed by atoms with Gasteiger partial charge >= 0.3 is 16.3 Å². The molecular weight excluding hydrogens is 492 g/mol. The monoisotopic (exact) mass is 540 g/mol. The van der Waals surface area contributed by atoms with Gasteiger partial charge in [-0.15, -0.1) is 0 Å². The van der Waals surface area contributed by atoms with E-state index in [0.29, 0.717) is 42.7 Å². The Morgan fingerprint density at radius 2 is 1.68 bits per heavy atom. The highest BCUT2D eigenvalue weighted by atomic mass is 32.2. The van der Waals surface area contributed by atoms with Crippen LogP contribution >= 0.6 is 0 Å². The zero-order valence-electron chi connectivity index (χ0n) is 22.9. The lowest BCUT2D eigenvalue weighted by atomic mass is 9.41. The van der Waals surface area contributed by atoms with Gasteiger partial charge in [-0.05, 0) is 111 Å². The van der Waals surface area contributed by atoms with Crippen LogP contribution in [0.2, 0.25) is 0 Å². The highest BCUT2D eigenvalue weighted by Crippen LogP contribution is 2.69.